The van der Waals surface area contributed by atoms with Crippen molar-refractivity contribution in [3.8, 4) is 18.6 Å². The van der Waals surface area contributed by atoms with Gasteiger partial charge in [-0.05, 0) is 78.7 Å². The maximum Gasteiger partial charge on any atom is 0.119 e. The second kappa shape index (κ2) is 13.5. The van der Waals surface area contributed by atoms with Gasteiger partial charge < -0.3 is 9.47 Å². The Morgan fingerprint density at radius 3 is 2.47 bits per heavy atom. The number of morpholine rings is 1. The molecule has 32 heavy (non-hydrogen) atoms. The third-order valence-electron chi connectivity index (χ3n) is 5.77. The van der Waals surface area contributed by atoms with Crippen LogP contribution in [-0.2, 0) is 17.6 Å². The minimum Gasteiger partial charge on any atom is -0.494 e. The van der Waals surface area contributed by atoms with Crippen LogP contribution in [0.2, 0.25) is 0 Å². The average molecular weight is 431 g/mol. The van der Waals surface area contributed by atoms with Crippen LogP contribution in [-0.4, -0.2) is 49.3 Å². The van der Waals surface area contributed by atoms with Gasteiger partial charge in [0.25, 0.3) is 0 Å². The molecule has 0 bridgehead atoms. The van der Waals surface area contributed by atoms with Crippen LogP contribution in [0.5, 0.6) is 5.75 Å². The van der Waals surface area contributed by atoms with Crippen molar-refractivity contribution >= 4 is 10.8 Å². The Hall–Kier alpha value is -2.87. The second-order valence-corrected chi connectivity index (χ2v) is 8.07. The minimum absolute atomic E-state index is 0.755. The summed E-state index contributed by atoms with van der Waals surface area (Å²) < 4.78 is 11.4. The van der Waals surface area contributed by atoms with Crippen LogP contribution in [0.1, 0.15) is 30.4 Å². The molecule has 0 N–H and O–H groups in total. The molecule has 0 spiro atoms. The van der Waals surface area contributed by atoms with E-state index in [9.17, 15) is 0 Å². The minimum atomic E-state index is 0.755. The molecule has 1 fully saturated rings. The lowest BCUT2D eigenvalue weighted by molar-refractivity contribution is 0.0375. The molecule has 3 aromatic rings. The van der Waals surface area contributed by atoms with E-state index in [2.05, 4.69) is 65.2 Å². The number of terminal acetylenes is 1. The zero-order valence-electron chi connectivity index (χ0n) is 18.9. The first-order valence-corrected chi connectivity index (χ1v) is 11.5. The van der Waals surface area contributed by atoms with Crippen LogP contribution in [0.4, 0.5) is 0 Å². The largest absolute Gasteiger partial charge is 0.494 e. The molecule has 4 heteroatoms. The number of hydrogen-bond acceptors (Lipinski definition) is 4. The first-order valence-electron chi connectivity index (χ1n) is 11.5. The number of fused-ring (bicyclic) bond motifs is 1. The Kier molecular flexibility index (Phi) is 10.1. The fraction of sp³-hybridized carbons (Fsp3) is 0.393. The number of nitrogens with zero attached hydrogens (tertiary/aromatic N) is 2. The van der Waals surface area contributed by atoms with Crippen LogP contribution in [0, 0.1) is 12.8 Å². The second-order valence-electron chi connectivity index (χ2n) is 8.07. The SMILES string of the molecule is C#C.c1cncc(CCCCOc2ccc3cc(CCCN4CCOCC4)ccc3c2)c1. The third-order valence-corrected chi connectivity index (χ3v) is 5.77. The van der Waals surface area contributed by atoms with Crippen LogP contribution in [0.3, 0.4) is 0 Å². The van der Waals surface area contributed by atoms with E-state index in [-0.39, 0.29) is 0 Å². The maximum absolute atomic E-state index is 5.98. The van der Waals surface area contributed by atoms with Gasteiger partial charge in [0.1, 0.15) is 5.75 Å². The molecule has 0 unspecified atom stereocenters. The molecule has 1 saturated heterocycles. The number of aryl methyl sites for hydroxylation is 2. The smallest absolute Gasteiger partial charge is 0.119 e. The van der Waals surface area contributed by atoms with E-state index in [1.165, 1.54) is 28.3 Å². The highest BCUT2D eigenvalue weighted by Gasteiger charge is 2.09. The zero-order chi connectivity index (χ0) is 22.4. The normalized spacial score (nSPS) is 13.9. The number of aromatic nitrogens is 1. The van der Waals surface area contributed by atoms with Crippen molar-refractivity contribution in [3.05, 3.63) is 72.1 Å². The highest BCUT2D eigenvalue weighted by atomic mass is 16.5. The Morgan fingerprint density at radius 2 is 1.66 bits per heavy atom. The van der Waals surface area contributed by atoms with Crippen molar-refractivity contribution < 1.29 is 9.47 Å². The van der Waals surface area contributed by atoms with Gasteiger partial charge in [-0.1, -0.05) is 30.3 Å². The Labute approximate surface area is 192 Å². The molecule has 1 aliphatic heterocycles. The third kappa shape index (κ3) is 7.67. The maximum atomic E-state index is 5.98. The van der Waals surface area contributed by atoms with Gasteiger partial charge in [0.2, 0.25) is 0 Å². The Bertz CT molecular complexity index is 949. The molecule has 2 aromatic carbocycles. The van der Waals surface area contributed by atoms with E-state index in [1.807, 2.05) is 18.5 Å². The summed E-state index contributed by atoms with van der Waals surface area (Å²) in [5, 5.41) is 2.54. The van der Waals surface area contributed by atoms with Crippen LogP contribution >= 0.6 is 0 Å². The van der Waals surface area contributed by atoms with E-state index in [4.69, 9.17) is 9.47 Å². The van der Waals surface area contributed by atoms with Gasteiger partial charge in [0.15, 0.2) is 0 Å². The first-order chi connectivity index (χ1) is 15.9. The standard InChI is InChI=1S/C26H32N2O2.C2H2/c1(5-23-6-3-12-27-21-23)2-16-30-26-11-10-24-19-22(8-9-25(24)20-26)7-4-13-28-14-17-29-18-15-28;1-2/h3,6,8-12,19-21H,1-2,4-5,7,13-18H2;1-2H. The number of hydrogen-bond donors (Lipinski definition) is 0. The number of benzene rings is 2. The average Bonchev–Trinajstić information content (AvgIpc) is 2.86. The van der Waals surface area contributed by atoms with E-state index in [0.717, 1.165) is 70.9 Å². The molecule has 4 nitrogen and oxygen atoms in total. The van der Waals surface area contributed by atoms with Crippen molar-refractivity contribution in [1.29, 1.82) is 0 Å². The lowest BCUT2D eigenvalue weighted by Crippen LogP contribution is -2.36. The molecule has 2 heterocycles. The molecule has 0 radical (unpaired) electrons. The molecule has 1 aromatic heterocycles. The summed E-state index contributed by atoms with van der Waals surface area (Å²) >= 11 is 0. The molecule has 1 aliphatic rings. The molecule has 168 valence electrons. The summed E-state index contributed by atoms with van der Waals surface area (Å²) in [6.07, 6.45) is 17.3. The molecule has 0 amide bonds. The molecule has 0 saturated carbocycles. The van der Waals surface area contributed by atoms with Crippen LogP contribution < -0.4 is 4.74 Å². The van der Waals surface area contributed by atoms with Crippen molar-refractivity contribution in [2.24, 2.45) is 0 Å². The monoisotopic (exact) mass is 430 g/mol. The van der Waals surface area contributed by atoms with E-state index >= 15 is 0 Å². The quantitative estimate of drug-likeness (QED) is 0.329. The highest BCUT2D eigenvalue weighted by Crippen LogP contribution is 2.23. The number of ether oxygens (including phenoxy) is 2. The van der Waals surface area contributed by atoms with Gasteiger partial charge in [-0.15, -0.1) is 12.8 Å². The predicted molar refractivity (Wildman–Crippen MR) is 132 cm³/mol. The topological polar surface area (TPSA) is 34.6 Å². The first kappa shape index (κ1) is 23.8. The fourth-order valence-electron chi connectivity index (χ4n) is 4.02. The van der Waals surface area contributed by atoms with E-state index in [1.54, 1.807) is 0 Å². The Balaban J connectivity index is 0.00000141. The van der Waals surface area contributed by atoms with Gasteiger partial charge >= 0.3 is 0 Å². The summed E-state index contributed by atoms with van der Waals surface area (Å²) in [6, 6.07) is 17.4. The summed E-state index contributed by atoms with van der Waals surface area (Å²) in [4.78, 5) is 6.67. The summed E-state index contributed by atoms with van der Waals surface area (Å²) in [5.41, 5.74) is 2.71. The van der Waals surface area contributed by atoms with E-state index < -0.39 is 0 Å². The number of rotatable bonds is 10. The van der Waals surface area contributed by atoms with Crippen molar-refractivity contribution in [2.75, 3.05) is 39.5 Å². The van der Waals surface area contributed by atoms with Gasteiger partial charge in [-0.3, -0.25) is 9.88 Å². The summed E-state index contributed by atoms with van der Waals surface area (Å²) in [6.45, 7) is 5.82. The van der Waals surface area contributed by atoms with Crippen molar-refractivity contribution in [1.82, 2.24) is 9.88 Å². The summed E-state index contributed by atoms with van der Waals surface area (Å²) in [5.74, 6) is 0.962. The number of unbranched alkanes of at least 4 members (excludes halogenated alkanes) is 1. The van der Waals surface area contributed by atoms with E-state index in [0.29, 0.717) is 0 Å². The molecular formula is C28H34N2O2. The molecule has 0 aliphatic carbocycles. The fourth-order valence-corrected chi connectivity index (χ4v) is 4.02. The molecule has 4 rings (SSSR count). The van der Waals surface area contributed by atoms with Gasteiger partial charge in [-0.25, -0.2) is 0 Å². The van der Waals surface area contributed by atoms with Crippen molar-refractivity contribution in [3.63, 3.8) is 0 Å². The lowest BCUT2D eigenvalue weighted by Gasteiger charge is -2.26. The van der Waals surface area contributed by atoms with Crippen molar-refractivity contribution in [2.45, 2.75) is 32.1 Å². The van der Waals surface area contributed by atoms with Gasteiger partial charge in [0, 0.05) is 25.5 Å². The van der Waals surface area contributed by atoms with Gasteiger partial charge in [0.05, 0.1) is 19.8 Å². The molecule has 0 atom stereocenters. The van der Waals surface area contributed by atoms with Crippen LogP contribution in [0.15, 0.2) is 60.9 Å². The lowest BCUT2D eigenvalue weighted by atomic mass is 10.0. The molecular weight excluding hydrogens is 396 g/mol. The zero-order valence-corrected chi connectivity index (χ0v) is 18.9. The predicted octanol–water partition coefficient (Wildman–Crippen LogP) is 5.15. The summed E-state index contributed by atoms with van der Waals surface area (Å²) in [7, 11) is 0. The highest BCUT2D eigenvalue weighted by molar-refractivity contribution is 5.84. The number of pyridine rings is 1. The van der Waals surface area contributed by atoms with Gasteiger partial charge in [-0.2, -0.15) is 0 Å². The Morgan fingerprint density at radius 1 is 0.875 bits per heavy atom. The van der Waals surface area contributed by atoms with Crippen LogP contribution in [0.25, 0.3) is 10.8 Å².